The molecule has 36 heavy (non-hydrogen) atoms. The maximum atomic E-state index is 13.3. The third-order valence-electron chi connectivity index (χ3n) is 6.39. The molecule has 0 bridgehead atoms. The third-order valence-corrected chi connectivity index (χ3v) is 7.54. The van der Waals surface area contributed by atoms with Crippen LogP contribution >= 0.6 is 10.2 Å². The number of hydrogen-bond donors (Lipinski definition) is 0. The molecule has 4 rings (SSSR count). The molecular formula is C24H28F5N3O3S. The van der Waals surface area contributed by atoms with E-state index >= 15 is 0 Å². The molecule has 0 N–H and O–H groups in total. The first-order valence-electron chi connectivity index (χ1n) is 11.5. The van der Waals surface area contributed by atoms with Crippen LogP contribution in [0.5, 0.6) is 11.5 Å². The Morgan fingerprint density at radius 3 is 2.50 bits per heavy atom. The van der Waals surface area contributed by atoms with Crippen LogP contribution in [-0.2, 0) is 0 Å². The zero-order valence-electron chi connectivity index (χ0n) is 20.1. The van der Waals surface area contributed by atoms with E-state index in [-0.39, 0.29) is 34.9 Å². The van der Waals surface area contributed by atoms with Crippen LogP contribution in [0.25, 0.3) is 16.6 Å². The van der Waals surface area contributed by atoms with E-state index in [1.807, 2.05) is 0 Å². The zero-order valence-corrected chi connectivity index (χ0v) is 21.0. The van der Waals surface area contributed by atoms with Gasteiger partial charge in [0.1, 0.15) is 22.2 Å². The SMILES string of the molecule is COc1cc(OCCCN2CCCC2C)ccc1-n1c(C)nc2ccc(S(F)(F)(F)(F)F)cc2c1=O. The fourth-order valence-corrected chi connectivity index (χ4v) is 5.18. The Bertz CT molecular complexity index is 1360. The predicted octanol–water partition coefficient (Wildman–Crippen LogP) is 6.61. The number of halogens is 5. The molecule has 0 spiro atoms. The Balaban J connectivity index is 1.64. The summed E-state index contributed by atoms with van der Waals surface area (Å²) in [5.74, 6) is 0.864. The van der Waals surface area contributed by atoms with E-state index in [2.05, 4.69) is 16.8 Å². The maximum Gasteiger partial charge on any atom is 0.310 e. The lowest BCUT2D eigenvalue weighted by Gasteiger charge is -2.40. The highest BCUT2D eigenvalue weighted by Crippen LogP contribution is 3.02. The van der Waals surface area contributed by atoms with Crippen molar-refractivity contribution < 1.29 is 28.9 Å². The Hall–Kier alpha value is -2.86. The van der Waals surface area contributed by atoms with Crippen LogP contribution < -0.4 is 15.0 Å². The van der Waals surface area contributed by atoms with E-state index in [1.54, 1.807) is 12.1 Å². The van der Waals surface area contributed by atoms with Crippen LogP contribution in [0.1, 0.15) is 32.0 Å². The van der Waals surface area contributed by atoms with Gasteiger partial charge in [-0.15, -0.1) is 0 Å². The number of rotatable bonds is 8. The average molecular weight is 534 g/mol. The number of likely N-dealkylation sites (tertiary alicyclic amines) is 1. The van der Waals surface area contributed by atoms with Crippen LogP contribution in [0.15, 0.2) is 46.1 Å². The number of methoxy groups -OCH3 is 1. The molecule has 1 fully saturated rings. The molecule has 198 valence electrons. The molecule has 2 heterocycles. The van der Waals surface area contributed by atoms with Gasteiger partial charge in [-0.1, -0.05) is 19.4 Å². The summed E-state index contributed by atoms with van der Waals surface area (Å²) in [7, 11) is -8.60. The van der Waals surface area contributed by atoms with Crippen LogP contribution in [0.4, 0.5) is 19.4 Å². The van der Waals surface area contributed by atoms with E-state index in [1.165, 1.54) is 32.9 Å². The fraction of sp³-hybridized carbons (Fsp3) is 0.417. The molecule has 0 amide bonds. The second-order valence-corrected chi connectivity index (χ2v) is 11.4. The molecule has 1 aliphatic rings. The summed E-state index contributed by atoms with van der Waals surface area (Å²) in [4.78, 5) is 17.6. The Labute approximate surface area is 205 Å². The van der Waals surface area contributed by atoms with Gasteiger partial charge in [0.25, 0.3) is 5.56 Å². The van der Waals surface area contributed by atoms with Gasteiger partial charge in [-0.2, -0.15) is 0 Å². The summed E-state index contributed by atoms with van der Waals surface area (Å²) < 4.78 is 79.0. The van der Waals surface area contributed by atoms with Crippen molar-refractivity contribution in [2.24, 2.45) is 0 Å². The number of aryl methyl sites for hydroxylation is 1. The van der Waals surface area contributed by atoms with Crippen molar-refractivity contribution in [3.8, 4) is 17.2 Å². The first-order valence-corrected chi connectivity index (χ1v) is 13.5. The van der Waals surface area contributed by atoms with Gasteiger partial charge >= 0.3 is 10.2 Å². The van der Waals surface area contributed by atoms with E-state index in [0.717, 1.165) is 30.1 Å². The Morgan fingerprint density at radius 2 is 1.86 bits per heavy atom. The van der Waals surface area contributed by atoms with Crippen LogP contribution in [0.3, 0.4) is 0 Å². The van der Waals surface area contributed by atoms with Gasteiger partial charge in [0.2, 0.25) is 0 Å². The van der Waals surface area contributed by atoms with E-state index in [4.69, 9.17) is 9.47 Å². The molecule has 1 aromatic heterocycles. The van der Waals surface area contributed by atoms with Gasteiger partial charge in [-0.05, 0) is 70.0 Å². The molecule has 1 saturated heterocycles. The van der Waals surface area contributed by atoms with Gasteiger partial charge in [0, 0.05) is 18.7 Å². The molecule has 1 aliphatic heterocycles. The summed E-state index contributed by atoms with van der Waals surface area (Å²) in [6.45, 7) is 6.18. The lowest BCUT2D eigenvalue weighted by molar-refractivity contribution is 0.230. The molecule has 12 heteroatoms. The molecule has 0 saturated carbocycles. The van der Waals surface area contributed by atoms with Gasteiger partial charge in [-0.3, -0.25) is 9.36 Å². The molecule has 1 unspecified atom stereocenters. The van der Waals surface area contributed by atoms with Gasteiger partial charge < -0.3 is 14.4 Å². The monoisotopic (exact) mass is 533 g/mol. The number of benzene rings is 2. The third kappa shape index (κ3) is 5.44. The largest absolute Gasteiger partial charge is 0.494 e. The zero-order chi connectivity index (χ0) is 26.4. The van der Waals surface area contributed by atoms with Gasteiger partial charge in [-0.25, -0.2) is 4.98 Å². The minimum absolute atomic E-state index is 0.120. The van der Waals surface area contributed by atoms with Crippen molar-refractivity contribution in [2.75, 3.05) is 26.8 Å². The number of nitrogens with zero attached hydrogens (tertiary/aromatic N) is 3. The van der Waals surface area contributed by atoms with Crippen molar-refractivity contribution in [1.29, 1.82) is 0 Å². The first-order chi connectivity index (χ1) is 16.7. The number of ether oxygens (including phenoxy) is 2. The molecule has 2 aromatic carbocycles. The molecule has 0 aliphatic carbocycles. The molecule has 6 nitrogen and oxygen atoms in total. The summed E-state index contributed by atoms with van der Waals surface area (Å²) in [6, 6.07) is 6.45. The summed E-state index contributed by atoms with van der Waals surface area (Å²) in [6.07, 6.45) is 3.23. The van der Waals surface area contributed by atoms with E-state index in [9.17, 15) is 24.2 Å². The van der Waals surface area contributed by atoms with Crippen molar-refractivity contribution in [3.63, 3.8) is 0 Å². The topological polar surface area (TPSA) is 56.6 Å². The van der Waals surface area contributed by atoms with Crippen molar-refractivity contribution in [2.45, 2.75) is 44.0 Å². The van der Waals surface area contributed by atoms with Gasteiger partial charge in [0.05, 0.1) is 30.3 Å². The number of hydrogen-bond acceptors (Lipinski definition) is 5. The highest BCUT2D eigenvalue weighted by atomic mass is 32.5. The lowest BCUT2D eigenvalue weighted by atomic mass is 10.2. The van der Waals surface area contributed by atoms with Gasteiger partial charge in [0.15, 0.2) is 0 Å². The van der Waals surface area contributed by atoms with Crippen LogP contribution in [0, 0.1) is 6.92 Å². The maximum absolute atomic E-state index is 13.3. The van der Waals surface area contributed by atoms with Crippen molar-refractivity contribution in [3.05, 3.63) is 52.6 Å². The van der Waals surface area contributed by atoms with E-state index in [0.29, 0.717) is 18.4 Å². The first kappa shape index (κ1) is 26.2. The summed E-state index contributed by atoms with van der Waals surface area (Å²) >= 11 is 0. The second kappa shape index (κ2) is 8.62. The standard InChI is InChI=1S/C24H28F5N3O3S/c1-16-6-4-11-31(16)12-5-13-35-18-7-10-22(23(14-18)34-3)32-17(2)30-21-9-8-19(15-20(21)24(32)33)36(25,26,27,28)29/h7-10,14-16H,4-6,11-13H2,1-3H3. The number of fused-ring (bicyclic) bond motifs is 1. The highest BCUT2D eigenvalue weighted by molar-refractivity contribution is 8.45. The molecular weight excluding hydrogens is 505 g/mol. The Morgan fingerprint density at radius 1 is 1.11 bits per heavy atom. The quantitative estimate of drug-likeness (QED) is 0.241. The molecule has 3 aromatic rings. The van der Waals surface area contributed by atoms with E-state index < -0.39 is 26.1 Å². The second-order valence-electron chi connectivity index (χ2n) is 9.01. The average Bonchev–Trinajstić information content (AvgIpc) is 3.20. The highest BCUT2D eigenvalue weighted by Gasteiger charge is 2.65. The summed E-state index contributed by atoms with van der Waals surface area (Å²) in [5.41, 5.74) is -0.844. The smallest absolute Gasteiger partial charge is 0.310 e. The normalized spacial score (nSPS) is 18.7. The van der Waals surface area contributed by atoms with Crippen LogP contribution in [-0.4, -0.2) is 47.3 Å². The Kier molecular flexibility index (Phi) is 6.27. The lowest BCUT2D eigenvalue weighted by Crippen LogP contribution is -2.28. The molecule has 0 radical (unpaired) electrons. The van der Waals surface area contributed by atoms with Crippen molar-refractivity contribution in [1.82, 2.24) is 14.5 Å². The number of aromatic nitrogens is 2. The molecule has 1 atom stereocenters. The summed E-state index contributed by atoms with van der Waals surface area (Å²) in [5, 5.41) is -0.579. The van der Waals surface area contributed by atoms with Crippen LogP contribution in [0.2, 0.25) is 0 Å². The minimum atomic E-state index is -9.98. The van der Waals surface area contributed by atoms with Crippen molar-refractivity contribution >= 4 is 21.1 Å². The predicted molar refractivity (Wildman–Crippen MR) is 130 cm³/mol. The minimum Gasteiger partial charge on any atom is -0.494 e. The fourth-order valence-electron chi connectivity index (χ4n) is 4.51.